The Morgan fingerprint density at radius 1 is 1.12 bits per heavy atom. The summed E-state index contributed by atoms with van der Waals surface area (Å²) in [7, 11) is 0. The molecular formula is C21H28N2O. The number of phenolic OH excluding ortho intramolecular Hbond substituents is 1. The van der Waals surface area contributed by atoms with Crippen LogP contribution in [0.1, 0.15) is 42.5 Å². The van der Waals surface area contributed by atoms with Crippen LogP contribution in [0, 0.1) is 6.92 Å². The van der Waals surface area contributed by atoms with E-state index in [1.54, 1.807) is 6.07 Å². The number of nitrogens with one attached hydrogen (secondary N) is 1. The minimum Gasteiger partial charge on any atom is -0.508 e. The number of likely N-dealkylation sites (tertiary alicyclic amines) is 1. The van der Waals surface area contributed by atoms with Gasteiger partial charge < -0.3 is 10.4 Å². The molecule has 3 nitrogen and oxygen atoms in total. The van der Waals surface area contributed by atoms with Gasteiger partial charge in [-0.15, -0.1) is 0 Å². The summed E-state index contributed by atoms with van der Waals surface area (Å²) in [6.45, 7) is 7.50. The standard InChI is InChI=1S/C21H28N2O/c1-16-8-9-21(24)20(14-16)17(2)22-19-10-12-23(13-11-19)15-18-6-4-3-5-7-18/h3-9,14,17,19,22,24H,10-13,15H2,1-2H3. The number of hydrogen-bond acceptors (Lipinski definition) is 3. The second-order valence-electron chi connectivity index (χ2n) is 6.99. The van der Waals surface area contributed by atoms with Gasteiger partial charge in [-0.25, -0.2) is 0 Å². The van der Waals surface area contributed by atoms with Crippen LogP contribution >= 0.6 is 0 Å². The maximum absolute atomic E-state index is 10.1. The first-order valence-electron chi connectivity index (χ1n) is 8.93. The first kappa shape index (κ1) is 17.0. The topological polar surface area (TPSA) is 35.5 Å². The van der Waals surface area contributed by atoms with Gasteiger partial charge in [0.15, 0.2) is 0 Å². The molecule has 1 atom stereocenters. The van der Waals surface area contributed by atoms with Crippen molar-refractivity contribution in [1.82, 2.24) is 10.2 Å². The summed E-state index contributed by atoms with van der Waals surface area (Å²) in [6.07, 6.45) is 2.31. The third-order valence-corrected chi connectivity index (χ3v) is 4.97. The Morgan fingerprint density at radius 3 is 2.54 bits per heavy atom. The third kappa shape index (κ3) is 4.37. The highest BCUT2D eigenvalue weighted by molar-refractivity contribution is 5.37. The van der Waals surface area contributed by atoms with E-state index in [-0.39, 0.29) is 6.04 Å². The highest BCUT2D eigenvalue weighted by Crippen LogP contribution is 2.26. The lowest BCUT2D eigenvalue weighted by Gasteiger charge is -2.34. The van der Waals surface area contributed by atoms with Crippen molar-refractivity contribution in [3.8, 4) is 5.75 Å². The van der Waals surface area contributed by atoms with Gasteiger partial charge in [-0.05, 0) is 51.4 Å². The monoisotopic (exact) mass is 324 g/mol. The molecule has 1 aliphatic rings. The van der Waals surface area contributed by atoms with Crippen LogP contribution in [0.15, 0.2) is 48.5 Å². The summed E-state index contributed by atoms with van der Waals surface area (Å²) in [5.41, 5.74) is 3.58. The Morgan fingerprint density at radius 2 is 1.83 bits per heavy atom. The zero-order valence-corrected chi connectivity index (χ0v) is 14.7. The second-order valence-corrected chi connectivity index (χ2v) is 6.99. The lowest BCUT2D eigenvalue weighted by atomic mass is 9.99. The van der Waals surface area contributed by atoms with E-state index in [2.05, 4.69) is 60.5 Å². The number of aryl methyl sites for hydroxylation is 1. The van der Waals surface area contributed by atoms with Crippen molar-refractivity contribution in [2.24, 2.45) is 0 Å². The Kier molecular flexibility index (Phi) is 5.54. The molecule has 0 radical (unpaired) electrons. The number of rotatable bonds is 5. The Hall–Kier alpha value is -1.84. The molecule has 0 aromatic heterocycles. The lowest BCUT2D eigenvalue weighted by molar-refractivity contribution is 0.185. The van der Waals surface area contributed by atoms with Crippen LogP contribution < -0.4 is 5.32 Å². The first-order valence-corrected chi connectivity index (χ1v) is 8.93. The lowest BCUT2D eigenvalue weighted by Crippen LogP contribution is -2.42. The van der Waals surface area contributed by atoms with Crippen LogP contribution in [0.4, 0.5) is 0 Å². The van der Waals surface area contributed by atoms with E-state index >= 15 is 0 Å². The number of hydrogen-bond donors (Lipinski definition) is 2. The average Bonchev–Trinajstić information content (AvgIpc) is 2.59. The first-order chi connectivity index (χ1) is 11.6. The van der Waals surface area contributed by atoms with Crippen LogP contribution in [0.25, 0.3) is 0 Å². The molecule has 24 heavy (non-hydrogen) atoms. The predicted molar refractivity (Wildman–Crippen MR) is 99.1 cm³/mol. The van der Waals surface area contributed by atoms with Gasteiger partial charge in [-0.3, -0.25) is 4.90 Å². The number of aromatic hydroxyl groups is 1. The normalized spacial score (nSPS) is 17.8. The van der Waals surface area contributed by atoms with Gasteiger partial charge in [-0.2, -0.15) is 0 Å². The fraction of sp³-hybridized carbons (Fsp3) is 0.429. The molecule has 1 saturated heterocycles. The Labute approximate surface area is 145 Å². The van der Waals surface area contributed by atoms with Crippen LogP contribution in [0.3, 0.4) is 0 Å². The van der Waals surface area contributed by atoms with Gasteiger partial charge in [-0.1, -0.05) is 48.0 Å². The van der Waals surface area contributed by atoms with Crippen molar-refractivity contribution < 1.29 is 5.11 Å². The highest BCUT2D eigenvalue weighted by Gasteiger charge is 2.21. The average molecular weight is 324 g/mol. The van der Waals surface area contributed by atoms with Crippen LogP contribution in [-0.4, -0.2) is 29.1 Å². The molecule has 1 fully saturated rings. The predicted octanol–water partition coefficient (Wildman–Crippen LogP) is 4.02. The van der Waals surface area contributed by atoms with E-state index in [1.807, 2.05) is 6.07 Å². The number of phenols is 1. The molecule has 128 valence electrons. The van der Waals surface area contributed by atoms with Gasteiger partial charge in [0, 0.05) is 24.2 Å². The molecular weight excluding hydrogens is 296 g/mol. The minimum absolute atomic E-state index is 0.176. The van der Waals surface area contributed by atoms with Crippen LogP contribution in [-0.2, 0) is 6.54 Å². The molecule has 0 aliphatic carbocycles. The quantitative estimate of drug-likeness (QED) is 0.872. The van der Waals surface area contributed by atoms with Crippen LogP contribution in [0.2, 0.25) is 0 Å². The molecule has 2 N–H and O–H groups in total. The van der Waals surface area contributed by atoms with Gasteiger partial charge in [0.05, 0.1) is 0 Å². The molecule has 1 heterocycles. The van der Waals surface area contributed by atoms with E-state index in [0.717, 1.165) is 38.0 Å². The van der Waals surface area contributed by atoms with Gasteiger partial charge in [0.1, 0.15) is 5.75 Å². The Bertz CT molecular complexity index is 648. The molecule has 2 aromatic rings. The molecule has 0 spiro atoms. The minimum atomic E-state index is 0.176. The summed E-state index contributed by atoms with van der Waals surface area (Å²) < 4.78 is 0. The smallest absolute Gasteiger partial charge is 0.120 e. The zero-order chi connectivity index (χ0) is 16.9. The van der Waals surface area contributed by atoms with E-state index < -0.39 is 0 Å². The zero-order valence-electron chi connectivity index (χ0n) is 14.7. The van der Waals surface area contributed by atoms with Gasteiger partial charge in [0.2, 0.25) is 0 Å². The van der Waals surface area contributed by atoms with Gasteiger partial charge >= 0.3 is 0 Å². The van der Waals surface area contributed by atoms with Crippen molar-refractivity contribution in [2.45, 2.75) is 45.3 Å². The van der Waals surface area contributed by atoms with E-state index in [1.165, 1.54) is 11.1 Å². The Balaban J connectivity index is 1.51. The molecule has 0 amide bonds. The largest absolute Gasteiger partial charge is 0.508 e. The van der Waals surface area contributed by atoms with E-state index in [4.69, 9.17) is 0 Å². The maximum atomic E-state index is 10.1. The fourth-order valence-electron chi connectivity index (χ4n) is 3.56. The molecule has 1 aliphatic heterocycles. The fourth-order valence-corrected chi connectivity index (χ4v) is 3.56. The molecule has 2 aromatic carbocycles. The number of piperidine rings is 1. The second kappa shape index (κ2) is 7.82. The summed E-state index contributed by atoms with van der Waals surface area (Å²) >= 11 is 0. The van der Waals surface area contributed by atoms with Crippen molar-refractivity contribution in [2.75, 3.05) is 13.1 Å². The number of benzene rings is 2. The summed E-state index contributed by atoms with van der Waals surface area (Å²) in [4.78, 5) is 2.53. The van der Waals surface area contributed by atoms with E-state index in [0.29, 0.717) is 11.8 Å². The van der Waals surface area contributed by atoms with Crippen molar-refractivity contribution in [1.29, 1.82) is 0 Å². The number of nitrogens with zero attached hydrogens (tertiary/aromatic N) is 1. The third-order valence-electron chi connectivity index (χ3n) is 4.97. The van der Waals surface area contributed by atoms with Crippen molar-refractivity contribution in [3.63, 3.8) is 0 Å². The summed E-state index contributed by atoms with van der Waals surface area (Å²) in [5.74, 6) is 0.391. The highest BCUT2D eigenvalue weighted by atomic mass is 16.3. The van der Waals surface area contributed by atoms with Crippen LogP contribution in [0.5, 0.6) is 5.75 Å². The maximum Gasteiger partial charge on any atom is 0.120 e. The molecule has 0 bridgehead atoms. The summed E-state index contributed by atoms with van der Waals surface area (Å²) in [6, 6.07) is 17.2. The SMILES string of the molecule is Cc1ccc(O)c(C(C)NC2CCN(Cc3ccccc3)CC2)c1. The van der Waals surface area contributed by atoms with Crippen molar-refractivity contribution in [3.05, 3.63) is 65.2 Å². The molecule has 3 heteroatoms. The molecule has 1 unspecified atom stereocenters. The van der Waals surface area contributed by atoms with Gasteiger partial charge in [0.25, 0.3) is 0 Å². The van der Waals surface area contributed by atoms with Crippen molar-refractivity contribution >= 4 is 0 Å². The summed E-state index contributed by atoms with van der Waals surface area (Å²) in [5, 5.41) is 13.8. The molecule has 3 rings (SSSR count). The molecule has 0 saturated carbocycles. The van der Waals surface area contributed by atoms with E-state index in [9.17, 15) is 5.11 Å².